The van der Waals surface area contributed by atoms with E-state index in [1.54, 1.807) is 0 Å². The van der Waals surface area contributed by atoms with Crippen LogP contribution in [0.2, 0.25) is 0 Å². The number of likely N-dealkylation sites (N-methyl/N-ethyl adjacent to an activating group) is 1. The Morgan fingerprint density at radius 3 is 2.75 bits per heavy atom. The normalized spacial score (nSPS) is 20.2. The Kier molecular flexibility index (Phi) is 6.53. The Balaban J connectivity index is 1.31. The maximum Gasteiger partial charge on any atom is 0.124 e. The Morgan fingerprint density at radius 1 is 1.03 bits per heavy atom. The average Bonchev–Trinajstić information content (AvgIpc) is 3.17. The van der Waals surface area contributed by atoms with Gasteiger partial charge in [-0.1, -0.05) is 18.2 Å². The first kappa shape index (κ1) is 21.6. The van der Waals surface area contributed by atoms with Gasteiger partial charge in [-0.15, -0.1) is 0 Å². The lowest BCUT2D eigenvalue weighted by molar-refractivity contribution is 0.151. The minimum atomic E-state index is 0.374. The molecule has 32 heavy (non-hydrogen) atoms. The van der Waals surface area contributed by atoms with Gasteiger partial charge in [0.05, 0.1) is 29.3 Å². The van der Waals surface area contributed by atoms with Gasteiger partial charge in [-0.2, -0.15) is 0 Å². The van der Waals surface area contributed by atoms with Gasteiger partial charge in [0.25, 0.3) is 0 Å². The molecule has 1 unspecified atom stereocenters. The number of hydrogen-bond donors (Lipinski definition) is 0. The van der Waals surface area contributed by atoms with Crippen LogP contribution in [-0.2, 0) is 19.5 Å². The monoisotopic (exact) mass is 432 g/mol. The number of imidazole rings is 1. The van der Waals surface area contributed by atoms with Gasteiger partial charge in [0.2, 0.25) is 0 Å². The summed E-state index contributed by atoms with van der Waals surface area (Å²) in [6.45, 7) is 7.77. The summed E-state index contributed by atoms with van der Waals surface area (Å²) in [5.74, 6) is 1.18. The fourth-order valence-corrected chi connectivity index (χ4v) is 5.37. The smallest absolute Gasteiger partial charge is 0.124 e. The van der Waals surface area contributed by atoms with Gasteiger partial charge in [0.1, 0.15) is 5.82 Å². The summed E-state index contributed by atoms with van der Waals surface area (Å²) in [6.07, 6.45) is 6.66. The molecule has 0 bridgehead atoms. The van der Waals surface area contributed by atoms with Gasteiger partial charge in [-0.05, 0) is 70.1 Å². The molecule has 6 nitrogen and oxygen atoms in total. The molecule has 0 N–H and O–H groups in total. The van der Waals surface area contributed by atoms with E-state index in [9.17, 15) is 0 Å². The molecule has 1 atom stereocenters. The molecule has 1 fully saturated rings. The van der Waals surface area contributed by atoms with E-state index >= 15 is 0 Å². The molecule has 3 aromatic rings. The average molecular weight is 433 g/mol. The number of pyridine rings is 1. The van der Waals surface area contributed by atoms with Crippen molar-refractivity contribution in [2.75, 3.05) is 46.8 Å². The Bertz CT molecular complexity index is 1040. The summed E-state index contributed by atoms with van der Waals surface area (Å²) in [5.41, 5.74) is 5.05. The zero-order valence-electron chi connectivity index (χ0n) is 19.6. The zero-order valence-corrected chi connectivity index (χ0v) is 19.6. The van der Waals surface area contributed by atoms with Crippen molar-refractivity contribution in [1.82, 2.24) is 29.2 Å². The minimum absolute atomic E-state index is 0.374. The topological polar surface area (TPSA) is 40.4 Å². The van der Waals surface area contributed by atoms with Crippen molar-refractivity contribution in [1.29, 1.82) is 0 Å². The standard InChI is InChI=1S/C26H36N6/c1-29-16-18-31(19-17-29)14-7-15-32-23-11-4-3-10-22(23)28-25(32)20-30(2)24-12-5-8-21-9-6-13-27-26(21)24/h3-4,6,9-11,13,24H,5,7-8,12,14-20H2,1-2H3. The number of rotatable bonds is 7. The van der Waals surface area contributed by atoms with Crippen LogP contribution in [0.1, 0.15) is 42.4 Å². The Hall–Kier alpha value is -2.28. The molecule has 3 heterocycles. The van der Waals surface area contributed by atoms with Crippen molar-refractivity contribution < 1.29 is 0 Å². The van der Waals surface area contributed by atoms with Gasteiger partial charge in [-0.3, -0.25) is 9.88 Å². The highest BCUT2D eigenvalue weighted by Crippen LogP contribution is 2.33. The van der Waals surface area contributed by atoms with Crippen LogP contribution in [0.3, 0.4) is 0 Å². The quantitative estimate of drug-likeness (QED) is 0.571. The molecule has 1 aliphatic heterocycles. The van der Waals surface area contributed by atoms with Crippen molar-refractivity contribution in [2.45, 2.75) is 44.8 Å². The second kappa shape index (κ2) is 9.69. The molecular weight excluding hydrogens is 396 g/mol. The number of benzene rings is 1. The van der Waals surface area contributed by atoms with Crippen molar-refractivity contribution in [2.24, 2.45) is 0 Å². The highest BCUT2D eigenvalue weighted by molar-refractivity contribution is 5.75. The molecule has 1 aromatic carbocycles. The molecule has 1 saturated heterocycles. The van der Waals surface area contributed by atoms with E-state index < -0.39 is 0 Å². The molecular formula is C26H36N6. The van der Waals surface area contributed by atoms with E-state index in [-0.39, 0.29) is 0 Å². The largest absolute Gasteiger partial charge is 0.327 e. The molecule has 0 radical (unpaired) electrons. The molecule has 0 spiro atoms. The van der Waals surface area contributed by atoms with E-state index in [0.717, 1.165) is 38.0 Å². The van der Waals surface area contributed by atoms with Crippen LogP contribution >= 0.6 is 0 Å². The van der Waals surface area contributed by atoms with E-state index in [2.05, 4.69) is 69.8 Å². The SMILES string of the molecule is CN1CCN(CCCn2c(CN(C)C3CCCc4cccnc43)nc3ccccc32)CC1. The summed E-state index contributed by atoms with van der Waals surface area (Å²) in [7, 11) is 4.46. The van der Waals surface area contributed by atoms with Gasteiger partial charge >= 0.3 is 0 Å². The molecule has 170 valence electrons. The van der Waals surface area contributed by atoms with E-state index in [0.29, 0.717) is 6.04 Å². The number of piperazine rings is 1. The molecule has 2 aromatic heterocycles. The summed E-state index contributed by atoms with van der Waals surface area (Å²) in [5, 5.41) is 0. The number of nitrogens with zero attached hydrogens (tertiary/aromatic N) is 6. The molecule has 1 aliphatic carbocycles. The molecule has 2 aliphatic rings. The number of fused-ring (bicyclic) bond motifs is 2. The third-order valence-corrected chi connectivity index (χ3v) is 7.27. The highest BCUT2D eigenvalue weighted by Gasteiger charge is 2.26. The number of aromatic nitrogens is 3. The third-order valence-electron chi connectivity index (χ3n) is 7.27. The van der Waals surface area contributed by atoms with E-state index in [4.69, 9.17) is 9.97 Å². The van der Waals surface area contributed by atoms with Gasteiger partial charge < -0.3 is 14.4 Å². The van der Waals surface area contributed by atoms with E-state index in [1.807, 2.05) is 6.20 Å². The predicted octanol–water partition coefficient (Wildman–Crippen LogP) is 3.58. The first-order valence-corrected chi connectivity index (χ1v) is 12.2. The molecule has 0 saturated carbocycles. The number of hydrogen-bond acceptors (Lipinski definition) is 5. The van der Waals surface area contributed by atoms with Crippen LogP contribution in [0, 0.1) is 0 Å². The van der Waals surface area contributed by atoms with Gasteiger partial charge in [0.15, 0.2) is 0 Å². The van der Waals surface area contributed by atoms with Crippen molar-refractivity contribution in [3.63, 3.8) is 0 Å². The molecule has 0 amide bonds. The number of aryl methyl sites for hydroxylation is 2. The summed E-state index contributed by atoms with van der Waals surface area (Å²) in [6, 6.07) is 13.3. The predicted molar refractivity (Wildman–Crippen MR) is 130 cm³/mol. The van der Waals surface area contributed by atoms with Crippen LogP contribution in [0.15, 0.2) is 42.6 Å². The van der Waals surface area contributed by atoms with E-state index in [1.165, 1.54) is 61.6 Å². The zero-order chi connectivity index (χ0) is 21.9. The fraction of sp³-hybridized carbons (Fsp3) is 0.538. The fourth-order valence-electron chi connectivity index (χ4n) is 5.37. The Labute approximate surface area is 191 Å². The first-order valence-electron chi connectivity index (χ1n) is 12.2. The van der Waals surface area contributed by atoms with Crippen molar-refractivity contribution in [3.05, 3.63) is 59.7 Å². The first-order chi connectivity index (χ1) is 15.7. The lowest BCUT2D eigenvalue weighted by Gasteiger charge is -2.33. The van der Waals surface area contributed by atoms with Gasteiger partial charge in [0, 0.05) is 38.9 Å². The van der Waals surface area contributed by atoms with Crippen LogP contribution in [-0.4, -0.2) is 76.1 Å². The van der Waals surface area contributed by atoms with Crippen LogP contribution < -0.4 is 0 Å². The summed E-state index contributed by atoms with van der Waals surface area (Å²) >= 11 is 0. The molecule has 6 heteroatoms. The second-order valence-electron chi connectivity index (χ2n) is 9.54. The lowest BCUT2D eigenvalue weighted by atomic mass is 9.91. The van der Waals surface area contributed by atoms with Crippen molar-refractivity contribution in [3.8, 4) is 0 Å². The molecule has 5 rings (SSSR count). The summed E-state index contributed by atoms with van der Waals surface area (Å²) < 4.78 is 2.46. The van der Waals surface area contributed by atoms with Crippen LogP contribution in [0.4, 0.5) is 0 Å². The van der Waals surface area contributed by atoms with Crippen LogP contribution in [0.5, 0.6) is 0 Å². The van der Waals surface area contributed by atoms with Gasteiger partial charge in [-0.25, -0.2) is 4.98 Å². The Morgan fingerprint density at radius 2 is 1.88 bits per heavy atom. The lowest BCUT2D eigenvalue weighted by Crippen LogP contribution is -2.44. The maximum atomic E-state index is 5.06. The maximum absolute atomic E-state index is 5.06. The number of para-hydroxylation sites is 2. The third kappa shape index (κ3) is 4.58. The van der Waals surface area contributed by atoms with Crippen LogP contribution in [0.25, 0.3) is 11.0 Å². The summed E-state index contributed by atoms with van der Waals surface area (Å²) in [4.78, 5) is 17.3. The minimum Gasteiger partial charge on any atom is -0.327 e. The second-order valence-corrected chi connectivity index (χ2v) is 9.54. The highest BCUT2D eigenvalue weighted by atomic mass is 15.2. The van der Waals surface area contributed by atoms with Crippen molar-refractivity contribution >= 4 is 11.0 Å².